The molecular weight excluding hydrogens is 364 g/mol. The van der Waals surface area contributed by atoms with Gasteiger partial charge in [-0.1, -0.05) is 30.3 Å². The van der Waals surface area contributed by atoms with Crippen molar-refractivity contribution in [2.24, 2.45) is 5.92 Å². The number of nitrogens with one attached hydrogen (secondary N) is 1. The van der Waals surface area contributed by atoms with Crippen molar-refractivity contribution in [2.75, 3.05) is 31.6 Å². The van der Waals surface area contributed by atoms with Crippen molar-refractivity contribution in [3.63, 3.8) is 0 Å². The van der Waals surface area contributed by atoms with Gasteiger partial charge in [-0.3, -0.25) is 4.79 Å². The molecule has 4 rings (SSSR count). The smallest absolute Gasteiger partial charge is 0.272 e. The Bertz CT molecular complexity index is 813. The van der Waals surface area contributed by atoms with Gasteiger partial charge in [-0.15, -0.1) is 0 Å². The minimum atomic E-state index is 0.00817. The Morgan fingerprint density at radius 1 is 1.17 bits per heavy atom. The van der Waals surface area contributed by atoms with Crippen LogP contribution in [0, 0.1) is 12.8 Å². The van der Waals surface area contributed by atoms with Crippen LogP contribution in [0.1, 0.15) is 47.6 Å². The normalized spacial score (nSPS) is 20.0. The third kappa shape index (κ3) is 5.32. The Morgan fingerprint density at radius 3 is 2.69 bits per heavy atom. The number of anilines is 1. The molecule has 6 nitrogen and oxygen atoms in total. The summed E-state index contributed by atoms with van der Waals surface area (Å²) in [5.74, 6) is 1.96. The number of amides is 1. The van der Waals surface area contributed by atoms with Crippen LogP contribution in [0.25, 0.3) is 0 Å². The Morgan fingerprint density at radius 2 is 1.97 bits per heavy atom. The second-order valence-corrected chi connectivity index (χ2v) is 8.13. The molecule has 0 radical (unpaired) electrons. The van der Waals surface area contributed by atoms with Gasteiger partial charge in [0.05, 0.1) is 6.10 Å². The number of piperidine rings is 1. The van der Waals surface area contributed by atoms with Gasteiger partial charge in [-0.2, -0.15) is 0 Å². The molecule has 0 bridgehead atoms. The minimum Gasteiger partial charge on any atom is -0.376 e. The number of ether oxygens (including phenoxy) is 1. The summed E-state index contributed by atoms with van der Waals surface area (Å²) < 4.78 is 5.65. The number of rotatable bonds is 6. The molecule has 2 aliphatic rings. The predicted molar refractivity (Wildman–Crippen MR) is 113 cm³/mol. The zero-order chi connectivity index (χ0) is 20.1. The molecule has 2 saturated heterocycles. The summed E-state index contributed by atoms with van der Waals surface area (Å²) in [4.78, 5) is 23.8. The lowest BCUT2D eigenvalue weighted by molar-refractivity contribution is 0.0684. The van der Waals surface area contributed by atoms with E-state index in [1.165, 1.54) is 5.56 Å². The van der Waals surface area contributed by atoms with Crippen LogP contribution in [0.3, 0.4) is 0 Å². The van der Waals surface area contributed by atoms with Crippen LogP contribution in [0.15, 0.2) is 36.4 Å². The van der Waals surface area contributed by atoms with E-state index >= 15 is 0 Å². The number of hydrogen-bond acceptors (Lipinski definition) is 5. The maximum absolute atomic E-state index is 13.0. The lowest BCUT2D eigenvalue weighted by atomic mass is 9.90. The summed E-state index contributed by atoms with van der Waals surface area (Å²) in [6, 6.07) is 12.4. The number of carbonyl (C=O) groups excluding carboxylic acids is 1. The molecule has 29 heavy (non-hydrogen) atoms. The van der Waals surface area contributed by atoms with E-state index in [1.807, 2.05) is 11.8 Å². The van der Waals surface area contributed by atoms with Gasteiger partial charge in [0, 0.05) is 32.3 Å². The molecule has 0 aliphatic carbocycles. The lowest BCUT2D eigenvalue weighted by Crippen LogP contribution is -2.39. The van der Waals surface area contributed by atoms with Crippen LogP contribution in [0.5, 0.6) is 0 Å². The highest BCUT2D eigenvalue weighted by atomic mass is 16.5. The standard InChI is InChI=1S/C23H30N4O2/c1-17-25-21(15-22(26-17)24-16-20-8-5-13-29-20)23(28)27-11-9-19(10-12-27)14-18-6-3-2-4-7-18/h2-4,6-7,15,19-20H,5,8-14,16H2,1H3,(H,24,25,26). The monoisotopic (exact) mass is 394 g/mol. The number of benzene rings is 1. The first kappa shape index (κ1) is 19.8. The number of hydrogen-bond donors (Lipinski definition) is 1. The molecule has 2 aromatic rings. The van der Waals surface area contributed by atoms with E-state index in [2.05, 4.69) is 45.6 Å². The van der Waals surface area contributed by atoms with E-state index in [-0.39, 0.29) is 12.0 Å². The average molecular weight is 395 g/mol. The first-order valence-corrected chi connectivity index (χ1v) is 10.7. The van der Waals surface area contributed by atoms with Crippen LogP contribution in [-0.2, 0) is 11.2 Å². The third-order valence-electron chi connectivity index (χ3n) is 5.86. The quantitative estimate of drug-likeness (QED) is 0.813. The molecule has 2 fully saturated rings. The van der Waals surface area contributed by atoms with Crippen molar-refractivity contribution in [1.29, 1.82) is 0 Å². The number of likely N-dealkylation sites (tertiary alicyclic amines) is 1. The predicted octanol–water partition coefficient (Wildman–Crippen LogP) is 3.47. The van der Waals surface area contributed by atoms with Crippen LogP contribution in [-0.4, -0.2) is 53.1 Å². The number of aryl methyl sites for hydroxylation is 1. The number of carbonyl (C=O) groups is 1. The van der Waals surface area contributed by atoms with Crippen LogP contribution in [0.4, 0.5) is 5.82 Å². The topological polar surface area (TPSA) is 67.4 Å². The summed E-state index contributed by atoms with van der Waals surface area (Å²) in [5, 5.41) is 3.31. The fourth-order valence-electron chi connectivity index (χ4n) is 4.24. The summed E-state index contributed by atoms with van der Waals surface area (Å²) in [5.41, 5.74) is 1.86. The average Bonchev–Trinajstić information content (AvgIpc) is 3.26. The maximum Gasteiger partial charge on any atom is 0.272 e. The molecular formula is C23H30N4O2. The summed E-state index contributed by atoms with van der Waals surface area (Å²) in [6.45, 7) is 4.96. The van der Waals surface area contributed by atoms with Crippen molar-refractivity contribution in [2.45, 2.75) is 45.1 Å². The van der Waals surface area contributed by atoms with Gasteiger partial charge in [0.15, 0.2) is 0 Å². The van der Waals surface area contributed by atoms with Crippen molar-refractivity contribution in [1.82, 2.24) is 14.9 Å². The molecule has 1 atom stereocenters. The van der Waals surface area contributed by atoms with E-state index in [0.29, 0.717) is 23.3 Å². The Balaban J connectivity index is 1.33. The van der Waals surface area contributed by atoms with Gasteiger partial charge in [-0.05, 0) is 50.5 Å². The van der Waals surface area contributed by atoms with Gasteiger partial charge in [0.2, 0.25) is 0 Å². The highest BCUT2D eigenvalue weighted by Crippen LogP contribution is 2.23. The van der Waals surface area contributed by atoms with Crippen molar-refractivity contribution in [3.05, 3.63) is 53.5 Å². The summed E-state index contributed by atoms with van der Waals surface area (Å²) in [6.07, 6.45) is 5.57. The van der Waals surface area contributed by atoms with Gasteiger partial charge < -0.3 is 15.0 Å². The first-order valence-electron chi connectivity index (χ1n) is 10.7. The van der Waals surface area contributed by atoms with Crippen molar-refractivity contribution >= 4 is 11.7 Å². The number of nitrogens with zero attached hydrogens (tertiary/aromatic N) is 3. The molecule has 1 amide bonds. The van der Waals surface area contributed by atoms with Gasteiger partial charge in [-0.25, -0.2) is 9.97 Å². The fraction of sp³-hybridized carbons (Fsp3) is 0.522. The van der Waals surface area contributed by atoms with E-state index in [9.17, 15) is 4.79 Å². The molecule has 6 heteroatoms. The molecule has 3 heterocycles. The molecule has 0 spiro atoms. The minimum absolute atomic E-state index is 0.00817. The fourth-order valence-corrected chi connectivity index (χ4v) is 4.24. The third-order valence-corrected chi connectivity index (χ3v) is 5.86. The molecule has 0 saturated carbocycles. The van der Waals surface area contributed by atoms with E-state index in [1.54, 1.807) is 6.07 Å². The molecule has 1 aromatic carbocycles. The highest BCUT2D eigenvalue weighted by molar-refractivity contribution is 5.93. The van der Waals surface area contributed by atoms with Crippen LogP contribution >= 0.6 is 0 Å². The van der Waals surface area contributed by atoms with Crippen LogP contribution in [0.2, 0.25) is 0 Å². The second-order valence-electron chi connectivity index (χ2n) is 8.13. The molecule has 1 aromatic heterocycles. The largest absolute Gasteiger partial charge is 0.376 e. The van der Waals surface area contributed by atoms with E-state index in [4.69, 9.17) is 4.74 Å². The molecule has 1 N–H and O–H groups in total. The summed E-state index contributed by atoms with van der Waals surface area (Å²) >= 11 is 0. The Hall–Kier alpha value is -2.47. The van der Waals surface area contributed by atoms with Gasteiger partial charge >= 0.3 is 0 Å². The molecule has 2 aliphatic heterocycles. The van der Waals surface area contributed by atoms with Gasteiger partial charge in [0.1, 0.15) is 17.3 Å². The zero-order valence-corrected chi connectivity index (χ0v) is 17.1. The zero-order valence-electron chi connectivity index (χ0n) is 17.1. The van der Waals surface area contributed by atoms with E-state index < -0.39 is 0 Å². The second kappa shape index (κ2) is 9.35. The number of aromatic nitrogens is 2. The van der Waals surface area contributed by atoms with Crippen molar-refractivity contribution in [3.8, 4) is 0 Å². The maximum atomic E-state index is 13.0. The lowest BCUT2D eigenvalue weighted by Gasteiger charge is -2.32. The SMILES string of the molecule is Cc1nc(NCC2CCCO2)cc(C(=O)N2CCC(Cc3ccccc3)CC2)n1. The molecule has 1 unspecified atom stereocenters. The van der Waals surface area contributed by atoms with E-state index in [0.717, 1.165) is 58.3 Å². The summed E-state index contributed by atoms with van der Waals surface area (Å²) in [7, 11) is 0. The van der Waals surface area contributed by atoms with Crippen molar-refractivity contribution < 1.29 is 9.53 Å². The first-order chi connectivity index (χ1) is 14.2. The Labute approximate surface area is 172 Å². The van der Waals surface area contributed by atoms with Crippen LogP contribution < -0.4 is 5.32 Å². The highest BCUT2D eigenvalue weighted by Gasteiger charge is 2.25. The Kier molecular flexibility index (Phi) is 6.39. The van der Waals surface area contributed by atoms with Gasteiger partial charge in [0.25, 0.3) is 5.91 Å². The molecule has 154 valence electrons.